The molecule has 3 heterocycles. The smallest absolute Gasteiger partial charge is 0.316 e. The van der Waals surface area contributed by atoms with E-state index in [0.717, 1.165) is 5.56 Å². The molecule has 3 unspecified atom stereocenters. The van der Waals surface area contributed by atoms with E-state index in [9.17, 15) is 19.2 Å². The van der Waals surface area contributed by atoms with E-state index >= 15 is 0 Å². The largest absolute Gasteiger partial charge is 0.468 e. The van der Waals surface area contributed by atoms with Crippen molar-refractivity contribution in [3.05, 3.63) is 73.8 Å². The highest BCUT2D eigenvalue weighted by Crippen LogP contribution is 2.49. The Hall–Kier alpha value is -3.59. The lowest BCUT2D eigenvalue weighted by atomic mass is 9.73. The molecule has 1 fully saturated rings. The van der Waals surface area contributed by atoms with Gasteiger partial charge in [-0.1, -0.05) is 29.8 Å². The molecule has 9 nitrogen and oxygen atoms in total. The number of aromatic amines is 1. The van der Waals surface area contributed by atoms with Gasteiger partial charge >= 0.3 is 11.1 Å². The Morgan fingerprint density at radius 1 is 1.21 bits per heavy atom. The number of aromatic nitrogens is 2. The summed E-state index contributed by atoms with van der Waals surface area (Å²) < 4.78 is 7.52. The number of nitrogens with one attached hydrogen (secondary N) is 1. The number of piperidine rings is 1. The molecule has 10 heteroatoms. The summed E-state index contributed by atoms with van der Waals surface area (Å²) in [5, 5.41) is 0.409. The second kappa shape index (κ2) is 7.48. The summed E-state index contributed by atoms with van der Waals surface area (Å²) in [5.74, 6) is -2.02. The average molecular weight is 469 g/mol. The molecule has 3 N–H and O–H groups in total. The first kappa shape index (κ1) is 21.3. The number of hydrogen-bond acceptors (Lipinski definition) is 5. The van der Waals surface area contributed by atoms with E-state index in [1.54, 1.807) is 31.2 Å². The summed E-state index contributed by atoms with van der Waals surface area (Å²) in [6.45, 7) is 1.84. The Kier molecular flexibility index (Phi) is 4.82. The van der Waals surface area contributed by atoms with E-state index in [1.165, 1.54) is 9.47 Å². The fraction of sp³-hybridized carbons (Fsp3) is 0.304. The Morgan fingerprint density at radius 2 is 1.97 bits per heavy atom. The number of amides is 2. The van der Waals surface area contributed by atoms with Crippen LogP contribution in [0.2, 0.25) is 5.02 Å². The molecule has 0 spiro atoms. The van der Waals surface area contributed by atoms with Crippen LogP contribution in [0.25, 0.3) is 11.0 Å². The van der Waals surface area contributed by atoms with E-state index in [1.807, 2.05) is 18.2 Å². The van der Waals surface area contributed by atoms with Crippen LogP contribution in [0, 0.1) is 5.92 Å². The summed E-state index contributed by atoms with van der Waals surface area (Å²) in [7, 11) is 0. The number of carbonyl (C=O) groups excluding carboxylic acids is 2. The Balaban J connectivity index is 1.55. The Bertz CT molecular complexity index is 1430. The van der Waals surface area contributed by atoms with E-state index in [-0.39, 0.29) is 13.1 Å². The van der Waals surface area contributed by atoms with E-state index in [0.29, 0.717) is 28.2 Å². The lowest BCUT2D eigenvalue weighted by Crippen LogP contribution is -2.65. The zero-order valence-electron chi connectivity index (χ0n) is 17.7. The fourth-order valence-electron chi connectivity index (χ4n) is 5.05. The third kappa shape index (κ3) is 3.31. The van der Waals surface area contributed by atoms with Crippen molar-refractivity contribution >= 4 is 34.4 Å². The molecule has 3 atom stereocenters. The predicted molar refractivity (Wildman–Crippen MR) is 121 cm³/mol. The van der Waals surface area contributed by atoms with Crippen LogP contribution in [0.15, 0.2) is 52.1 Å². The van der Waals surface area contributed by atoms with Gasteiger partial charge in [0, 0.05) is 30.5 Å². The number of nitrogens with two attached hydrogens (primary N) is 1. The molecule has 2 bridgehead atoms. The first-order valence-electron chi connectivity index (χ1n) is 10.5. The Morgan fingerprint density at radius 3 is 2.73 bits per heavy atom. The number of halogens is 1. The number of ether oxygens (including phenoxy) is 1. The quantitative estimate of drug-likeness (QED) is 0.443. The molecule has 1 saturated heterocycles. The summed E-state index contributed by atoms with van der Waals surface area (Å²) in [6, 6.07) is 12.1. The van der Waals surface area contributed by atoms with Crippen molar-refractivity contribution in [1.82, 2.24) is 14.5 Å². The monoisotopic (exact) mass is 468 g/mol. The standard InChI is InChI=1S/C23H21ClN4O5/c1-23-11-14(13-4-2-3-5-17(13)33-23)18(19(25)29)21(31)28(23)9-8-27-16-7-6-12(24)10-15(16)26-20(30)22(27)32/h2-7,10,14,18H,8-9,11H2,1H3,(H2,25,29)(H,26,30). The summed E-state index contributed by atoms with van der Waals surface area (Å²) in [4.78, 5) is 54.6. The van der Waals surface area contributed by atoms with Gasteiger partial charge in [-0.15, -0.1) is 0 Å². The number of primary amides is 1. The lowest BCUT2D eigenvalue weighted by molar-refractivity contribution is -0.175. The van der Waals surface area contributed by atoms with Crippen LogP contribution in [0.3, 0.4) is 0 Å². The molecule has 170 valence electrons. The van der Waals surface area contributed by atoms with Gasteiger partial charge in [0.1, 0.15) is 11.7 Å². The second-order valence-electron chi connectivity index (χ2n) is 8.57. The molecule has 2 aliphatic rings. The van der Waals surface area contributed by atoms with Crippen LogP contribution in [0.4, 0.5) is 0 Å². The minimum absolute atomic E-state index is 0.0172. The SMILES string of the molecule is CC12CC(c3ccccc3O1)C(C(N)=O)C(=O)N2CCn1c(=O)c(=O)[nH]c2cc(Cl)ccc21. The minimum Gasteiger partial charge on any atom is -0.468 e. The number of rotatable bonds is 4. The van der Waals surface area contributed by atoms with Crippen LogP contribution in [-0.4, -0.2) is 38.5 Å². The first-order valence-corrected chi connectivity index (χ1v) is 10.9. The highest BCUT2D eigenvalue weighted by atomic mass is 35.5. The van der Waals surface area contributed by atoms with Crippen LogP contribution in [0.5, 0.6) is 5.75 Å². The van der Waals surface area contributed by atoms with Crippen LogP contribution < -0.4 is 21.6 Å². The zero-order valence-corrected chi connectivity index (χ0v) is 18.5. The van der Waals surface area contributed by atoms with Gasteiger partial charge in [0.15, 0.2) is 5.72 Å². The van der Waals surface area contributed by atoms with Crippen LogP contribution in [-0.2, 0) is 16.1 Å². The summed E-state index contributed by atoms with van der Waals surface area (Å²) in [5.41, 5.74) is 4.73. The minimum atomic E-state index is -1.05. The van der Waals surface area contributed by atoms with Gasteiger partial charge in [-0.3, -0.25) is 19.2 Å². The van der Waals surface area contributed by atoms with Crippen molar-refractivity contribution in [1.29, 1.82) is 0 Å². The number of benzene rings is 2. The van der Waals surface area contributed by atoms with Crippen molar-refractivity contribution in [3.8, 4) is 5.75 Å². The normalized spacial score (nSPS) is 23.8. The number of likely N-dealkylation sites (tertiary alicyclic amines) is 1. The molecule has 5 rings (SSSR count). The van der Waals surface area contributed by atoms with E-state index < -0.39 is 40.5 Å². The van der Waals surface area contributed by atoms with E-state index in [2.05, 4.69) is 4.98 Å². The number of H-pyrrole nitrogens is 1. The number of fused-ring (bicyclic) bond motifs is 5. The molecule has 3 aromatic rings. The van der Waals surface area contributed by atoms with E-state index in [4.69, 9.17) is 22.1 Å². The van der Waals surface area contributed by atoms with Gasteiger partial charge in [-0.25, -0.2) is 0 Å². The summed E-state index contributed by atoms with van der Waals surface area (Å²) >= 11 is 6.02. The summed E-state index contributed by atoms with van der Waals surface area (Å²) in [6.07, 6.45) is 0.379. The van der Waals surface area contributed by atoms with Gasteiger partial charge in [0.05, 0.1) is 11.0 Å². The van der Waals surface area contributed by atoms with Crippen LogP contribution >= 0.6 is 11.6 Å². The molecule has 2 amide bonds. The van der Waals surface area contributed by atoms with Gasteiger partial charge < -0.3 is 24.9 Å². The molecule has 0 radical (unpaired) electrons. The van der Waals surface area contributed by atoms with Gasteiger partial charge in [-0.2, -0.15) is 0 Å². The molecule has 2 aromatic carbocycles. The van der Waals surface area contributed by atoms with Crippen molar-refractivity contribution in [2.24, 2.45) is 11.7 Å². The van der Waals surface area contributed by atoms with Crippen molar-refractivity contribution < 1.29 is 14.3 Å². The third-order valence-electron chi connectivity index (χ3n) is 6.54. The highest BCUT2D eigenvalue weighted by molar-refractivity contribution is 6.31. The van der Waals surface area contributed by atoms with Gasteiger partial charge in [-0.05, 0) is 36.8 Å². The molecular weight excluding hydrogens is 448 g/mol. The number of para-hydroxylation sites is 1. The lowest BCUT2D eigenvalue weighted by Gasteiger charge is -2.52. The first-order chi connectivity index (χ1) is 15.7. The maximum Gasteiger partial charge on any atom is 0.316 e. The number of nitrogens with zero attached hydrogens (tertiary/aromatic N) is 2. The molecule has 0 aliphatic carbocycles. The zero-order chi connectivity index (χ0) is 23.5. The van der Waals surface area contributed by atoms with Crippen molar-refractivity contribution in [2.75, 3.05) is 6.54 Å². The number of hydrogen-bond donors (Lipinski definition) is 2. The highest BCUT2D eigenvalue weighted by Gasteiger charge is 2.55. The molecule has 0 saturated carbocycles. The van der Waals surface area contributed by atoms with Gasteiger partial charge in [0.25, 0.3) is 0 Å². The van der Waals surface area contributed by atoms with Crippen LogP contribution in [0.1, 0.15) is 24.8 Å². The fourth-order valence-corrected chi connectivity index (χ4v) is 5.22. The maximum absolute atomic E-state index is 13.4. The predicted octanol–water partition coefficient (Wildman–Crippen LogP) is 1.57. The molecular formula is C23H21ClN4O5. The van der Waals surface area contributed by atoms with Crippen molar-refractivity contribution in [3.63, 3.8) is 0 Å². The average Bonchev–Trinajstić information content (AvgIpc) is 2.75. The molecule has 33 heavy (non-hydrogen) atoms. The third-order valence-corrected chi connectivity index (χ3v) is 6.78. The van der Waals surface area contributed by atoms with Crippen molar-refractivity contribution in [2.45, 2.75) is 31.5 Å². The second-order valence-corrected chi connectivity index (χ2v) is 9.00. The van der Waals surface area contributed by atoms with Gasteiger partial charge in [0.2, 0.25) is 11.8 Å². The number of carbonyl (C=O) groups is 2. The topological polar surface area (TPSA) is 127 Å². The molecule has 2 aliphatic heterocycles. The molecule has 1 aromatic heterocycles. The maximum atomic E-state index is 13.4. The Labute approximate surface area is 192 Å².